The zero-order valence-corrected chi connectivity index (χ0v) is 9.54. The highest BCUT2D eigenvalue weighted by Gasteiger charge is 1.97. The lowest BCUT2D eigenvalue weighted by Crippen LogP contribution is -1.99. The van der Waals surface area contributed by atoms with Crippen molar-refractivity contribution in [2.75, 3.05) is 6.61 Å². The molecule has 2 aromatic rings. The molecule has 0 aliphatic heterocycles. The number of nitriles is 1. The molecule has 2 rings (SSSR count). The summed E-state index contributed by atoms with van der Waals surface area (Å²) in [5.74, 6) is 0.760. The lowest BCUT2D eigenvalue weighted by atomic mass is 10.2. The van der Waals surface area contributed by atoms with Crippen molar-refractivity contribution in [3.8, 4) is 11.8 Å². The predicted molar refractivity (Wildman–Crippen MR) is 64.7 cm³/mol. The van der Waals surface area contributed by atoms with Crippen molar-refractivity contribution in [2.24, 2.45) is 0 Å². The van der Waals surface area contributed by atoms with Gasteiger partial charge in [-0.15, -0.1) is 11.3 Å². The summed E-state index contributed by atoms with van der Waals surface area (Å²) in [5.41, 5.74) is 0.633. The van der Waals surface area contributed by atoms with Gasteiger partial charge < -0.3 is 4.74 Å². The molecule has 0 aliphatic rings. The first-order chi connectivity index (χ1) is 7.88. The van der Waals surface area contributed by atoms with Gasteiger partial charge in [-0.25, -0.2) is 0 Å². The summed E-state index contributed by atoms with van der Waals surface area (Å²) in [4.78, 5) is 1.32. The van der Waals surface area contributed by atoms with Gasteiger partial charge in [0.05, 0.1) is 18.2 Å². The summed E-state index contributed by atoms with van der Waals surface area (Å²) in [6.45, 7) is 0.648. The van der Waals surface area contributed by atoms with Crippen LogP contribution in [0, 0.1) is 11.3 Å². The number of benzene rings is 1. The van der Waals surface area contributed by atoms with E-state index in [0.29, 0.717) is 12.2 Å². The fraction of sp³-hybridized carbons (Fsp3) is 0.154. The minimum absolute atomic E-state index is 0.633. The topological polar surface area (TPSA) is 33.0 Å². The van der Waals surface area contributed by atoms with Crippen LogP contribution < -0.4 is 4.74 Å². The highest BCUT2D eigenvalue weighted by molar-refractivity contribution is 7.09. The van der Waals surface area contributed by atoms with E-state index in [1.165, 1.54) is 4.88 Å². The van der Waals surface area contributed by atoms with Crippen LogP contribution in [-0.4, -0.2) is 6.61 Å². The maximum Gasteiger partial charge on any atom is 0.120 e. The van der Waals surface area contributed by atoms with Crippen LogP contribution >= 0.6 is 11.3 Å². The molecule has 0 unspecified atom stereocenters. The monoisotopic (exact) mass is 229 g/mol. The molecule has 1 heterocycles. The maximum atomic E-state index is 8.73. The number of nitrogens with zero attached hydrogens (tertiary/aromatic N) is 1. The Labute approximate surface area is 98.7 Å². The first-order valence-corrected chi connectivity index (χ1v) is 5.92. The third-order valence-electron chi connectivity index (χ3n) is 2.16. The zero-order chi connectivity index (χ0) is 11.2. The molecule has 0 radical (unpaired) electrons. The quantitative estimate of drug-likeness (QED) is 0.806. The molecule has 0 aliphatic carbocycles. The lowest BCUT2D eigenvalue weighted by molar-refractivity contribution is 0.323. The van der Waals surface area contributed by atoms with Crippen molar-refractivity contribution >= 4 is 11.3 Å². The van der Waals surface area contributed by atoms with Crippen LogP contribution in [0.15, 0.2) is 41.8 Å². The van der Waals surface area contributed by atoms with Crippen molar-refractivity contribution in [3.63, 3.8) is 0 Å². The van der Waals surface area contributed by atoms with E-state index in [2.05, 4.69) is 17.5 Å². The molecule has 0 amide bonds. The summed E-state index contributed by atoms with van der Waals surface area (Å²) in [6, 6.07) is 13.5. The third-order valence-corrected chi connectivity index (χ3v) is 3.10. The Morgan fingerprint density at radius 1 is 1.25 bits per heavy atom. The van der Waals surface area contributed by atoms with Crippen LogP contribution in [0.4, 0.5) is 0 Å². The first kappa shape index (κ1) is 10.7. The van der Waals surface area contributed by atoms with Crippen LogP contribution in [-0.2, 0) is 6.42 Å². The molecule has 80 valence electrons. The Morgan fingerprint density at radius 3 is 2.94 bits per heavy atom. The van der Waals surface area contributed by atoms with E-state index in [0.717, 1.165) is 12.2 Å². The molecule has 2 nitrogen and oxygen atoms in total. The highest BCUT2D eigenvalue weighted by atomic mass is 32.1. The number of rotatable bonds is 4. The van der Waals surface area contributed by atoms with Gasteiger partial charge in [-0.3, -0.25) is 0 Å². The molecule has 1 aromatic heterocycles. The molecular formula is C13H11NOS. The van der Waals surface area contributed by atoms with Crippen molar-refractivity contribution in [3.05, 3.63) is 52.2 Å². The molecule has 0 bridgehead atoms. The van der Waals surface area contributed by atoms with Gasteiger partial charge in [0.15, 0.2) is 0 Å². The van der Waals surface area contributed by atoms with Gasteiger partial charge >= 0.3 is 0 Å². The van der Waals surface area contributed by atoms with Crippen molar-refractivity contribution in [1.82, 2.24) is 0 Å². The third kappa shape index (κ3) is 2.85. The first-order valence-electron chi connectivity index (χ1n) is 5.04. The second-order valence-corrected chi connectivity index (χ2v) is 4.35. The SMILES string of the molecule is N#Cc1cccc(OCCc2cccs2)c1. The Kier molecular flexibility index (Phi) is 3.58. The smallest absolute Gasteiger partial charge is 0.120 e. The summed E-state index contributed by atoms with van der Waals surface area (Å²) < 4.78 is 5.58. The molecule has 0 saturated heterocycles. The fourth-order valence-corrected chi connectivity index (χ4v) is 2.07. The van der Waals surface area contributed by atoms with Crippen LogP contribution in [0.25, 0.3) is 0 Å². The maximum absolute atomic E-state index is 8.73. The molecular weight excluding hydrogens is 218 g/mol. The van der Waals surface area contributed by atoms with Gasteiger partial charge in [-0.1, -0.05) is 12.1 Å². The summed E-state index contributed by atoms with van der Waals surface area (Å²) in [6.07, 6.45) is 0.911. The second kappa shape index (κ2) is 5.34. The Hall–Kier alpha value is -1.79. The zero-order valence-electron chi connectivity index (χ0n) is 8.72. The van der Waals surface area contributed by atoms with Crippen molar-refractivity contribution < 1.29 is 4.74 Å². The van der Waals surface area contributed by atoms with Crippen LogP contribution in [0.2, 0.25) is 0 Å². The largest absolute Gasteiger partial charge is 0.493 e. The number of hydrogen-bond acceptors (Lipinski definition) is 3. The normalized spacial score (nSPS) is 9.69. The summed E-state index contributed by atoms with van der Waals surface area (Å²) in [5, 5.41) is 10.8. The van der Waals surface area contributed by atoms with Gasteiger partial charge in [0, 0.05) is 11.3 Å². The van der Waals surface area contributed by atoms with E-state index in [4.69, 9.17) is 10.00 Å². The van der Waals surface area contributed by atoms with Gasteiger partial charge in [0.25, 0.3) is 0 Å². The van der Waals surface area contributed by atoms with Crippen molar-refractivity contribution in [1.29, 1.82) is 5.26 Å². The average Bonchev–Trinajstić information content (AvgIpc) is 2.82. The molecule has 3 heteroatoms. The summed E-state index contributed by atoms with van der Waals surface area (Å²) in [7, 11) is 0. The van der Waals surface area contributed by atoms with Crippen LogP contribution in [0.1, 0.15) is 10.4 Å². The number of thiophene rings is 1. The molecule has 0 atom stereocenters. The van der Waals surface area contributed by atoms with E-state index >= 15 is 0 Å². The van der Waals surface area contributed by atoms with Gasteiger partial charge in [0.1, 0.15) is 5.75 Å². The summed E-state index contributed by atoms with van der Waals surface area (Å²) >= 11 is 1.73. The fourth-order valence-electron chi connectivity index (χ4n) is 1.38. The number of ether oxygens (including phenoxy) is 1. The van der Waals surface area contributed by atoms with E-state index in [-0.39, 0.29) is 0 Å². The van der Waals surface area contributed by atoms with Gasteiger partial charge in [0.2, 0.25) is 0 Å². The molecule has 1 aromatic carbocycles. The Balaban J connectivity index is 1.88. The predicted octanol–water partition coefficient (Wildman–Crippen LogP) is 3.24. The van der Waals surface area contributed by atoms with Gasteiger partial charge in [-0.05, 0) is 29.6 Å². The van der Waals surface area contributed by atoms with Crippen LogP contribution in [0.5, 0.6) is 5.75 Å². The van der Waals surface area contributed by atoms with E-state index in [1.807, 2.05) is 18.2 Å². The molecule has 16 heavy (non-hydrogen) atoms. The molecule has 0 saturated carbocycles. The van der Waals surface area contributed by atoms with E-state index in [1.54, 1.807) is 23.5 Å². The highest BCUT2D eigenvalue weighted by Crippen LogP contribution is 2.14. The standard InChI is InChI=1S/C13H11NOS/c14-10-11-3-1-4-12(9-11)15-7-6-13-5-2-8-16-13/h1-5,8-9H,6-7H2. The molecule has 0 N–H and O–H groups in total. The van der Waals surface area contributed by atoms with E-state index in [9.17, 15) is 0 Å². The van der Waals surface area contributed by atoms with Crippen molar-refractivity contribution in [2.45, 2.75) is 6.42 Å². The minimum Gasteiger partial charge on any atom is -0.493 e. The molecule has 0 fully saturated rings. The average molecular weight is 229 g/mol. The number of hydrogen-bond donors (Lipinski definition) is 0. The minimum atomic E-state index is 0.633. The van der Waals surface area contributed by atoms with Crippen LogP contribution in [0.3, 0.4) is 0 Å². The van der Waals surface area contributed by atoms with E-state index < -0.39 is 0 Å². The Bertz CT molecular complexity index is 485. The van der Waals surface area contributed by atoms with Gasteiger partial charge in [-0.2, -0.15) is 5.26 Å². The molecule has 0 spiro atoms. The second-order valence-electron chi connectivity index (χ2n) is 3.32. The lowest BCUT2D eigenvalue weighted by Gasteiger charge is -2.04. The Morgan fingerprint density at radius 2 is 2.19 bits per heavy atom.